The molecule has 0 fully saturated rings. The van der Waals surface area contributed by atoms with Gasteiger partial charge in [-0.25, -0.2) is 0 Å². The van der Waals surface area contributed by atoms with E-state index in [4.69, 9.17) is 0 Å². The Hall–Kier alpha value is -0.0800. The van der Waals surface area contributed by atoms with Crippen LogP contribution >= 0.6 is 0 Å². The van der Waals surface area contributed by atoms with Crippen molar-refractivity contribution in [2.75, 3.05) is 33.2 Å². The molecule has 0 aromatic rings. The van der Waals surface area contributed by atoms with Crippen molar-refractivity contribution in [3.63, 3.8) is 0 Å². The standard InChI is InChI=1S/C7H18N2.H2/c1-4-8-6-7-9(3)5-2;/h8H,4-7H2,1-3H3;1H. The van der Waals surface area contributed by atoms with Crippen LogP contribution in [-0.4, -0.2) is 38.1 Å². The highest BCUT2D eigenvalue weighted by molar-refractivity contribution is 4.49. The molecule has 58 valence electrons. The van der Waals surface area contributed by atoms with E-state index in [1.807, 2.05) is 0 Å². The highest BCUT2D eigenvalue weighted by Gasteiger charge is 1.90. The first kappa shape index (κ1) is 8.92. The summed E-state index contributed by atoms with van der Waals surface area (Å²) in [6, 6.07) is 0. The maximum atomic E-state index is 3.27. The SMILES string of the molecule is CCNCCN(C)CC.[HH]. The molecule has 0 spiro atoms. The lowest BCUT2D eigenvalue weighted by atomic mass is 10.5. The maximum Gasteiger partial charge on any atom is 0.0104 e. The Morgan fingerprint density at radius 1 is 1.44 bits per heavy atom. The largest absolute Gasteiger partial charge is 0.316 e. The third kappa shape index (κ3) is 5.80. The molecule has 0 bridgehead atoms. The molecular formula is C7H20N2. The third-order valence-corrected chi connectivity index (χ3v) is 1.46. The summed E-state index contributed by atoms with van der Waals surface area (Å²) in [4.78, 5) is 2.29. The first-order chi connectivity index (χ1) is 4.31. The van der Waals surface area contributed by atoms with Gasteiger partial charge in [-0.15, -0.1) is 0 Å². The van der Waals surface area contributed by atoms with Gasteiger partial charge in [0.2, 0.25) is 0 Å². The molecule has 0 radical (unpaired) electrons. The van der Waals surface area contributed by atoms with Crippen LogP contribution in [0.3, 0.4) is 0 Å². The summed E-state index contributed by atoms with van der Waals surface area (Å²) in [6.07, 6.45) is 0. The van der Waals surface area contributed by atoms with Crippen molar-refractivity contribution in [3.8, 4) is 0 Å². The van der Waals surface area contributed by atoms with Crippen molar-refractivity contribution in [3.05, 3.63) is 0 Å². The van der Waals surface area contributed by atoms with Gasteiger partial charge in [-0.05, 0) is 20.1 Å². The normalized spacial score (nSPS) is 10.7. The van der Waals surface area contributed by atoms with Crippen LogP contribution in [0, 0.1) is 0 Å². The van der Waals surface area contributed by atoms with E-state index in [0.717, 1.165) is 26.2 Å². The van der Waals surface area contributed by atoms with Crippen LogP contribution in [0.5, 0.6) is 0 Å². The summed E-state index contributed by atoms with van der Waals surface area (Å²) >= 11 is 0. The van der Waals surface area contributed by atoms with Crippen LogP contribution in [-0.2, 0) is 0 Å². The average molecular weight is 132 g/mol. The van der Waals surface area contributed by atoms with Gasteiger partial charge < -0.3 is 10.2 Å². The summed E-state index contributed by atoms with van der Waals surface area (Å²) < 4.78 is 0. The Morgan fingerprint density at radius 2 is 2.11 bits per heavy atom. The third-order valence-electron chi connectivity index (χ3n) is 1.46. The van der Waals surface area contributed by atoms with Gasteiger partial charge in [0.15, 0.2) is 0 Å². The van der Waals surface area contributed by atoms with Crippen LogP contribution in [0.25, 0.3) is 0 Å². The first-order valence-electron chi connectivity index (χ1n) is 3.70. The van der Waals surface area contributed by atoms with Gasteiger partial charge in [0.1, 0.15) is 0 Å². The van der Waals surface area contributed by atoms with Gasteiger partial charge in [-0.1, -0.05) is 13.8 Å². The van der Waals surface area contributed by atoms with Crippen molar-refractivity contribution in [1.82, 2.24) is 10.2 Å². The molecule has 1 N–H and O–H groups in total. The average Bonchev–Trinajstić information content (AvgIpc) is 1.89. The van der Waals surface area contributed by atoms with E-state index >= 15 is 0 Å². The van der Waals surface area contributed by atoms with E-state index in [2.05, 4.69) is 31.1 Å². The number of hydrogen-bond acceptors (Lipinski definition) is 2. The predicted molar refractivity (Wildman–Crippen MR) is 43.8 cm³/mol. The molecule has 9 heavy (non-hydrogen) atoms. The van der Waals surface area contributed by atoms with Gasteiger partial charge in [-0.3, -0.25) is 0 Å². The number of nitrogens with zero attached hydrogens (tertiary/aromatic N) is 1. The molecule has 0 atom stereocenters. The quantitative estimate of drug-likeness (QED) is 0.556. The fraction of sp³-hybridized carbons (Fsp3) is 1.00. The minimum atomic E-state index is 0. The van der Waals surface area contributed by atoms with Gasteiger partial charge in [0.05, 0.1) is 0 Å². The highest BCUT2D eigenvalue weighted by atomic mass is 15.1. The van der Waals surface area contributed by atoms with Crippen LogP contribution in [0.1, 0.15) is 15.3 Å². The molecule has 0 unspecified atom stereocenters. The minimum absolute atomic E-state index is 0. The second-order valence-corrected chi connectivity index (χ2v) is 2.25. The molecule has 0 heterocycles. The lowest BCUT2D eigenvalue weighted by Crippen LogP contribution is -2.28. The molecule has 2 heteroatoms. The first-order valence-corrected chi connectivity index (χ1v) is 3.70. The molecule has 0 aliphatic carbocycles. The Bertz CT molecular complexity index is 59.6. The molecular weight excluding hydrogens is 112 g/mol. The molecule has 0 saturated heterocycles. The van der Waals surface area contributed by atoms with Crippen LogP contribution in [0.4, 0.5) is 0 Å². The zero-order chi connectivity index (χ0) is 7.11. The van der Waals surface area contributed by atoms with Gasteiger partial charge >= 0.3 is 0 Å². The number of rotatable bonds is 5. The molecule has 0 saturated carbocycles. The zero-order valence-corrected chi connectivity index (χ0v) is 6.78. The Balaban J connectivity index is 0. The summed E-state index contributed by atoms with van der Waals surface area (Å²) in [6.45, 7) is 8.80. The van der Waals surface area contributed by atoms with Gasteiger partial charge in [0.25, 0.3) is 0 Å². The van der Waals surface area contributed by atoms with E-state index in [-0.39, 0.29) is 1.43 Å². The second-order valence-electron chi connectivity index (χ2n) is 2.25. The van der Waals surface area contributed by atoms with Crippen molar-refractivity contribution in [1.29, 1.82) is 0 Å². The van der Waals surface area contributed by atoms with Crippen LogP contribution in [0.15, 0.2) is 0 Å². The topological polar surface area (TPSA) is 15.3 Å². The fourth-order valence-electron chi connectivity index (χ4n) is 0.605. The molecule has 2 nitrogen and oxygen atoms in total. The zero-order valence-electron chi connectivity index (χ0n) is 6.78. The van der Waals surface area contributed by atoms with Crippen LogP contribution < -0.4 is 5.32 Å². The summed E-state index contributed by atoms with van der Waals surface area (Å²) in [5, 5.41) is 3.27. The number of likely N-dealkylation sites (N-methyl/N-ethyl adjacent to an activating group) is 2. The molecule has 0 amide bonds. The van der Waals surface area contributed by atoms with Crippen LogP contribution in [0.2, 0.25) is 0 Å². The predicted octanol–water partition coefficient (Wildman–Crippen LogP) is 0.794. The molecule has 0 rings (SSSR count). The number of hydrogen-bond donors (Lipinski definition) is 1. The fourth-order valence-corrected chi connectivity index (χ4v) is 0.605. The summed E-state index contributed by atoms with van der Waals surface area (Å²) in [7, 11) is 2.14. The maximum absolute atomic E-state index is 3.27. The van der Waals surface area contributed by atoms with E-state index in [1.54, 1.807) is 0 Å². The van der Waals surface area contributed by atoms with Crippen molar-refractivity contribution < 1.29 is 1.43 Å². The summed E-state index contributed by atoms with van der Waals surface area (Å²) in [5.74, 6) is 0. The highest BCUT2D eigenvalue weighted by Crippen LogP contribution is 1.76. The molecule has 0 aromatic carbocycles. The molecule has 0 aliphatic rings. The smallest absolute Gasteiger partial charge is 0.0104 e. The molecule has 0 aliphatic heterocycles. The Labute approximate surface area is 59.7 Å². The van der Waals surface area contributed by atoms with E-state index in [0.29, 0.717) is 0 Å². The molecule has 0 aromatic heterocycles. The lowest BCUT2D eigenvalue weighted by Gasteiger charge is -2.12. The van der Waals surface area contributed by atoms with Gasteiger partial charge in [-0.2, -0.15) is 0 Å². The Morgan fingerprint density at radius 3 is 2.56 bits per heavy atom. The summed E-state index contributed by atoms with van der Waals surface area (Å²) in [5.41, 5.74) is 0. The van der Waals surface area contributed by atoms with Gasteiger partial charge in [0, 0.05) is 14.5 Å². The minimum Gasteiger partial charge on any atom is -0.316 e. The van der Waals surface area contributed by atoms with Crippen molar-refractivity contribution in [2.24, 2.45) is 0 Å². The second kappa shape index (κ2) is 6.05. The van der Waals surface area contributed by atoms with E-state index in [1.165, 1.54) is 0 Å². The van der Waals surface area contributed by atoms with E-state index < -0.39 is 0 Å². The van der Waals surface area contributed by atoms with E-state index in [9.17, 15) is 0 Å². The van der Waals surface area contributed by atoms with Crippen molar-refractivity contribution >= 4 is 0 Å². The lowest BCUT2D eigenvalue weighted by molar-refractivity contribution is 0.350. The Kier molecular flexibility index (Phi) is 5.99. The monoisotopic (exact) mass is 132 g/mol. The number of nitrogens with one attached hydrogen (secondary N) is 1. The van der Waals surface area contributed by atoms with Crippen molar-refractivity contribution in [2.45, 2.75) is 13.8 Å².